The Kier molecular flexibility index (Phi) is 5.99. The van der Waals surface area contributed by atoms with Gasteiger partial charge in [-0.15, -0.1) is 0 Å². The fourth-order valence-corrected chi connectivity index (χ4v) is 2.53. The number of nitrogens with one attached hydrogen (secondary N) is 1. The summed E-state index contributed by atoms with van der Waals surface area (Å²) in [5.41, 5.74) is -0.585. The third-order valence-electron chi connectivity index (χ3n) is 4.70. The van der Waals surface area contributed by atoms with Gasteiger partial charge in [0, 0.05) is 6.04 Å². The molecule has 1 rings (SSSR count). The van der Waals surface area contributed by atoms with E-state index in [1.807, 2.05) is 13.8 Å². The van der Waals surface area contributed by atoms with Gasteiger partial charge in [0.05, 0.1) is 12.0 Å². The molecule has 1 heterocycles. The van der Waals surface area contributed by atoms with E-state index >= 15 is 0 Å². The molecule has 5 nitrogen and oxygen atoms in total. The zero-order valence-corrected chi connectivity index (χ0v) is 13.1. The molecule has 0 aromatic heterocycles. The van der Waals surface area contributed by atoms with Crippen LogP contribution in [0.2, 0.25) is 0 Å². The standard InChI is InChI=1S/C15H28N2O3/c1-5-15(14(19)20)6-8-17(9-7-15)10-13(18)16-12(4)11(2)3/h11-12H,5-10H2,1-4H3,(H,16,18)(H,19,20). The summed E-state index contributed by atoms with van der Waals surface area (Å²) in [5, 5.41) is 12.3. The number of aliphatic carboxylic acids is 1. The molecule has 1 fully saturated rings. The van der Waals surface area contributed by atoms with Crippen molar-refractivity contribution in [1.29, 1.82) is 0 Å². The van der Waals surface area contributed by atoms with Crippen molar-refractivity contribution >= 4 is 11.9 Å². The van der Waals surface area contributed by atoms with Crippen LogP contribution in [-0.4, -0.2) is 47.6 Å². The highest BCUT2D eigenvalue weighted by Gasteiger charge is 2.39. The number of likely N-dealkylation sites (tertiary alicyclic amines) is 1. The maximum atomic E-state index is 11.9. The first-order valence-corrected chi connectivity index (χ1v) is 7.56. The molecule has 1 atom stereocenters. The molecule has 1 aliphatic rings. The number of carbonyl (C=O) groups excluding carboxylic acids is 1. The van der Waals surface area contributed by atoms with E-state index in [9.17, 15) is 14.7 Å². The van der Waals surface area contributed by atoms with Crippen molar-refractivity contribution in [3.8, 4) is 0 Å². The molecule has 0 spiro atoms. The molecule has 1 unspecified atom stereocenters. The zero-order chi connectivity index (χ0) is 15.3. The minimum atomic E-state index is -0.697. The van der Waals surface area contributed by atoms with Crippen molar-refractivity contribution < 1.29 is 14.7 Å². The highest BCUT2D eigenvalue weighted by molar-refractivity contribution is 5.78. The number of carboxylic acid groups (broad SMARTS) is 1. The van der Waals surface area contributed by atoms with Gasteiger partial charge in [0.25, 0.3) is 0 Å². The summed E-state index contributed by atoms with van der Waals surface area (Å²) in [5.74, 6) is -0.247. The lowest BCUT2D eigenvalue weighted by molar-refractivity contribution is -0.152. The van der Waals surface area contributed by atoms with Crippen LogP contribution in [0.1, 0.15) is 47.0 Å². The first-order chi connectivity index (χ1) is 9.30. The number of carboxylic acids is 1. The normalized spacial score (nSPS) is 20.6. The Morgan fingerprint density at radius 3 is 2.20 bits per heavy atom. The molecule has 116 valence electrons. The fraction of sp³-hybridized carbons (Fsp3) is 0.867. The molecular formula is C15H28N2O3. The van der Waals surface area contributed by atoms with Gasteiger partial charge < -0.3 is 10.4 Å². The van der Waals surface area contributed by atoms with E-state index in [0.717, 1.165) is 0 Å². The first kappa shape index (κ1) is 17.0. The van der Waals surface area contributed by atoms with Crippen molar-refractivity contribution in [2.45, 2.75) is 53.0 Å². The highest BCUT2D eigenvalue weighted by Crippen LogP contribution is 2.34. The molecule has 1 amide bonds. The minimum absolute atomic E-state index is 0.0329. The van der Waals surface area contributed by atoms with Crippen LogP contribution in [0.4, 0.5) is 0 Å². The van der Waals surface area contributed by atoms with Crippen LogP contribution in [0.3, 0.4) is 0 Å². The minimum Gasteiger partial charge on any atom is -0.481 e. The summed E-state index contributed by atoms with van der Waals surface area (Å²) < 4.78 is 0. The van der Waals surface area contributed by atoms with Gasteiger partial charge in [0.1, 0.15) is 0 Å². The molecule has 0 radical (unpaired) electrons. The molecule has 1 aliphatic heterocycles. The number of nitrogens with zero attached hydrogens (tertiary/aromatic N) is 1. The van der Waals surface area contributed by atoms with Crippen LogP contribution in [0.5, 0.6) is 0 Å². The average molecular weight is 284 g/mol. The second kappa shape index (κ2) is 7.07. The molecule has 0 bridgehead atoms. The number of amides is 1. The van der Waals surface area contributed by atoms with Crippen LogP contribution in [-0.2, 0) is 9.59 Å². The molecule has 2 N–H and O–H groups in total. The monoisotopic (exact) mass is 284 g/mol. The van der Waals surface area contributed by atoms with Crippen molar-refractivity contribution in [3.63, 3.8) is 0 Å². The molecular weight excluding hydrogens is 256 g/mol. The Bertz CT molecular complexity index is 347. The third-order valence-corrected chi connectivity index (χ3v) is 4.70. The Morgan fingerprint density at radius 2 is 1.80 bits per heavy atom. The quantitative estimate of drug-likeness (QED) is 0.779. The number of rotatable bonds is 6. The number of hydrogen-bond acceptors (Lipinski definition) is 3. The van der Waals surface area contributed by atoms with Gasteiger partial charge in [0.15, 0.2) is 0 Å². The van der Waals surface area contributed by atoms with Crippen LogP contribution in [0, 0.1) is 11.3 Å². The predicted octanol–water partition coefficient (Wildman–Crippen LogP) is 1.72. The lowest BCUT2D eigenvalue weighted by Gasteiger charge is -2.38. The van der Waals surface area contributed by atoms with E-state index < -0.39 is 11.4 Å². The number of piperidine rings is 1. The molecule has 0 aliphatic carbocycles. The fourth-order valence-electron chi connectivity index (χ4n) is 2.53. The van der Waals surface area contributed by atoms with Gasteiger partial charge in [-0.25, -0.2) is 0 Å². The summed E-state index contributed by atoms with van der Waals surface area (Å²) in [7, 11) is 0. The van der Waals surface area contributed by atoms with Gasteiger partial charge >= 0.3 is 5.97 Å². The summed E-state index contributed by atoms with van der Waals surface area (Å²) in [4.78, 5) is 25.3. The average Bonchev–Trinajstić information content (AvgIpc) is 2.39. The van der Waals surface area contributed by atoms with Crippen LogP contribution >= 0.6 is 0 Å². The van der Waals surface area contributed by atoms with Gasteiger partial charge in [-0.1, -0.05) is 20.8 Å². The third kappa shape index (κ3) is 4.20. The molecule has 0 aromatic carbocycles. The van der Waals surface area contributed by atoms with Crippen LogP contribution in [0.25, 0.3) is 0 Å². The maximum absolute atomic E-state index is 11.9. The van der Waals surface area contributed by atoms with Crippen LogP contribution < -0.4 is 5.32 Å². The van der Waals surface area contributed by atoms with E-state index in [2.05, 4.69) is 24.1 Å². The Hall–Kier alpha value is -1.10. The van der Waals surface area contributed by atoms with Gasteiger partial charge in [0.2, 0.25) is 5.91 Å². The van der Waals surface area contributed by atoms with Crippen molar-refractivity contribution in [2.75, 3.05) is 19.6 Å². The van der Waals surface area contributed by atoms with E-state index in [1.54, 1.807) is 0 Å². The molecule has 20 heavy (non-hydrogen) atoms. The largest absolute Gasteiger partial charge is 0.481 e. The second-order valence-corrected chi connectivity index (χ2v) is 6.32. The van der Waals surface area contributed by atoms with Gasteiger partial charge in [-0.05, 0) is 45.2 Å². The topological polar surface area (TPSA) is 69.6 Å². The second-order valence-electron chi connectivity index (χ2n) is 6.32. The van der Waals surface area contributed by atoms with Crippen molar-refractivity contribution in [2.24, 2.45) is 11.3 Å². The van der Waals surface area contributed by atoms with E-state index in [0.29, 0.717) is 44.8 Å². The molecule has 0 saturated carbocycles. The lowest BCUT2D eigenvalue weighted by Crippen LogP contribution is -2.48. The number of hydrogen-bond donors (Lipinski definition) is 2. The molecule has 0 aromatic rings. The summed E-state index contributed by atoms with van der Waals surface area (Å²) >= 11 is 0. The Labute approximate surface area is 121 Å². The summed E-state index contributed by atoms with van der Waals surface area (Å²) in [6.07, 6.45) is 1.92. The van der Waals surface area contributed by atoms with Crippen LogP contribution in [0.15, 0.2) is 0 Å². The van der Waals surface area contributed by atoms with Gasteiger partial charge in [-0.2, -0.15) is 0 Å². The van der Waals surface area contributed by atoms with E-state index in [-0.39, 0.29) is 11.9 Å². The highest BCUT2D eigenvalue weighted by atomic mass is 16.4. The summed E-state index contributed by atoms with van der Waals surface area (Å²) in [6.45, 7) is 9.83. The smallest absolute Gasteiger partial charge is 0.309 e. The summed E-state index contributed by atoms with van der Waals surface area (Å²) in [6, 6.07) is 0.168. The SMILES string of the molecule is CCC1(C(=O)O)CCN(CC(=O)NC(C)C(C)C)CC1. The first-order valence-electron chi connectivity index (χ1n) is 7.56. The van der Waals surface area contributed by atoms with E-state index in [4.69, 9.17) is 0 Å². The van der Waals surface area contributed by atoms with E-state index in [1.165, 1.54) is 0 Å². The Morgan fingerprint density at radius 1 is 1.25 bits per heavy atom. The molecule has 5 heteroatoms. The zero-order valence-electron chi connectivity index (χ0n) is 13.1. The maximum Gasteiger partial charge on any atom is 0.309 e. The van der Waals surface area contributed by atoms with Crippen molar-refractivity contribution in [3.05, 3.63) is 0 Å². The predicted molar refractivity (Wildman–Crippen MR) is 78.5 cm³/mol. The Balaban J connectivity index is 2.43. The van der Waals surface area contributed by atoms with Crippen molar-refractivity contribution in [1.82, 2.24) is 10.2 Å². The molecule has 1 saturated heterocycles. The number of carbonyl (C=O) groups is 2. The lowest BCUT2D eigenvalue weighted by atomic mass is 9.76. The van der Waals surface area contributed by atoms with Gasteiger partial charge in [-0.3, -0.25) is 14.5 Å².